The number of hydrogen-bond acceptors (Lipinski definition) is 6. The summed E-state index contributed by atoms with van der Waals surface area (Å²) in [6, 6.07) is 1.58. The normalized spacial score (nSPS) is 15.3. The van der Waals surface area contributed by atoms with E-state index in [2.05, 4.69) is 34.3 Å². The first kappa shape index (κ1) is 13.3. The Bertz CT molecular complexity index is 363. The number of rotatable bonds is 8. The molecule has 0 radical (unpaired) electrons. The van der Waals surface area contributed by atoms with Crippen LogP contribution in [0.25, 0.3) is 0 Å². The van der Waals surface area contributed by atoms with Crippen LogP contribution in [0.4, 0.5) is 6.01 Å². The van der Waals surface area contributed by atoms with Gasteiger partial charge in [0.15, 0.2) is 0 Å². The maximum absolute atomic E-state index is 5.68. The molecule has 0 bridgehead atoms. The van der Waals surface area contributed by atoms with E-state index in [1.807, 2.05) is 0 Å². The van der Waals surface area contributed by atoms with Crippen molar-refractivity contribution in [2.75, 3.05) is 25.2 Å². The summed E-state index contributed by atoms with van der Waals surface area (Å²) >= 11 is 0. The summed E-state index contributed by atoms with van der Waals surface area (Å²) in [4.78, 5) is 2.15. The van der Waals surface area contributed by atoms with Crippen molar-refractivity contribution in [1.82, 2.24) is 15.5 Å². The highest BCUT2D eigenvalue weighted by Crippen LogP contribution is 2.30. The predicted octanol–water partition coefficient (Wildman–Crippen LogP) is 1.18. The van der Waals surface area contributed by atoms with Gasteiger partial charge in [0, 0.05) is 25.7 Å². The third kappa shape index (κ3) is 3.68. The Labute approximate surface area is 108 Å². The van der Waals surface area contributed by atoms with Gasteiger partial charge in [-0.25, -0.2) is 0 Å². The second-order valence-electron chi connectivity index (χ2n) is 4.93. The number of anilines is 1. The van der Waals surface area contributed by atoms with Gasteiger partial charge in [-0.05, 0) is 12.8 Å². The fourth-order valence-corrected chi connectivity index (χ4v) is 1.73. The molecule has 1 aliphatic carbocycles. The Kier molecular flexibility index (Phi) is 4.54. The molecule has 102 valence electrons. The molecule has 0 unspecified atom stereocenters. The average molecular weight is 254 g/mol. The fraction of sp³-hybridized carbons (Fsp3) is 0.833. The lowest BCUT2D eigenvalue weighted by atomic mass is 10.4. The molecule has 18 heavy (non-hydrogen) atoms. The van der Waals surface area contributed by atoms with E-state index >= 15 is 0 Å². The molecule has 1 fully saturated rings. The minimum atomic E-state index is 0.411. The smallest absolute Gasteiger partial charge is 0.318 e. The lowest BCUT2D eigenvalue weighted by Crippen LogP contribution is -2.29. The van der Waals surface area contributed by atoms with Crippen LogP contribution in [0.15, 0.2) is 4.42 Å². The van der Waals surface area contributed by atoms with Gasteiger partial charge in [-0.1, -0.05) is 18.9 Å². The number of methoxy groups -OCH3 is 1. The van der Waals surface area contributed by atoms with Crippen LogP contribution in [-0.2, 0) is 11.3 Å². The standard InChI is InChI=1S/C12H22N4O2/c1-9(2)13-8-11-14-15-12(18-11)16(6-7-17-3)10-4-5-10/h9-10,13H,4-8H2,1-3H3. The largest absolute Gasteiger partial charge is 0.407 e. The summed E-state index contributed by atoms with van der Waals surface area (Å²) < 4.78 is 10.8. The molecule has 1 aliphatic rings. The van der Waals surface area contributed by atoms with E-state index in [-0.39, 0.29) is 0 Å². The second-order valence-corrected chi connectivity index (χ2v) is 4.93. The summed E-state index contributed by atoms with van der Waals surface area (Å²) in [6.45, 7) is 6.28. The molecule has 6 heteroatoms. The fourth-order valence-electron chi connectivity index (χ4n) is 1.73. The third-order valence-corrected chi connectivity index (χ3v) is 2.89. The van der Waals surface area contributed by atoms with Crippen molar-refractivity contribution < 1.29 is 9.15 Å². The lowest BCUT2D eigenvalue weighted by Gasteiger charge is -2.18. The molecular weight excluding hydrogens is 232 g/mol. The zero-order valence-electron chi connectivity index (χ0n) is 11.3. The SMILES string of the molecule is COCCN(c1nnc(CNC(C)C)o1)C1CC1. The number of nitrogens with zero attached hydrogens (tertiary/aromatic N) is 3. The maximum atomic E-state index is 5.68. The van der Waals surface area contributed by atoms with Crippen LogP contribution in [-0.4, -0.2) is 42.5 Å². The predicted molar refractivity (Wildman–Crippen MR) is 68.5 cm³/mol. The zero-order valence-corrected chi connectivity index (χ0v) is 11.3. The molecule has 1 aromatic heterocycles. The molecular formula is C12H22N4O2. The molecule has 1 heterocycles. The molecule has 0 saturated heterocycles. The van der Waals surface area contributed by atoms with E-state index in [4.69, 9.17) is 9.15 Å². The Morgan fingerprint density at radius 2 is 2.22 bits per heavy atom. The molecule has 6 nitrogen and oxygen atoms in total. The summed E-state index contributed by atoms with van der Waals surface area (Å²) in [7, 11) is 1.71. The van der Waals surface area contributed by atoms with Crippen LogP contribution in [0.3, 0.4) is 0 Å². The highest BCUT2D eigenvalue weighted by Gasteiger charge is 2.32. The van der Waals surface area contributed by atoms with Gasteiger partial charge in [0.2, 0.25) is 5.89 Å². The van der Waals surface area contributed by atoms with E-state index in [1.165, 1.54) is 12.8 Å². The number of ether oxygens (including phenoxy) is 1. The van der Waals surface area contributed by atoms with Crippen LogP contribution in [0, 0.1) is 0 Å². The van der Waals surface area contributed by atoms with Crippen LogP contribution in [0.5, 0.6) is 0 Å². The molecule has 0 spiro atoms. The Morgan fingerprint density at radius 1 is 1.44 bits per heavy atom. The number of nitrogens with one attached hydrogen (secondary N) is 1. The summed E-state index contributed by atoms with van der Waals surface area (Å²) in [5.74, 6) is 0.641. The van der Waals surface area contributed by atoms with E-state index in [0.717, 1.165) is 6.54 Å². The van der Waals surface area contributed by atoms with Crippen molar-refractivity contribution in [2.45, 2.75) is 45.3 Å². The van der Waals surface area contributed by atoms with Crippen molar-refractivity contribution in [2.24, 2.45) is 0 Å². The first-order valence-corrected chi connectivity index (χ1v) is 6.52. The van der Waals surface area contributed by atoms with Crippen LogP contribution in [0.1, 0.15) is 32.6 Å². The van der Waals surface area contributed by atoms with Gasteiger partial charge in [0.1, 0.15) is 0 Å². The second kappa shape index (κ2) is 6.15. The van der Waals surface area contributed by atoms with Crippen molar-refractivity contribution in [1.29, 1.82) is 0 Å². The van der Waals surface area contributed by atoms with Gasteiger partial charge in [-0.3, -0.25) is 0 Å². The van der Waals surface area contributed by atoms with Gasteiger partial charge < -0.3 is 19.4 Å². The molecule has 0 amide bonds. The topological polar surface area (TPSA) is 63.4 Å². The van der Waals surface area contributed by atoms with Crippen molar-refractivity contribution in [3.8, 4) is 0 Å². The molecule has 1 saturated carbocycles. The van der Waals surface area contributed by atoms with Crippen molar-refractivity contribution in [3.63, 3.8) is 0 Å². The number of hydrogen-bond donors (Lipinski definition) is 1. The highest BCUT2D eigenvalue weighted by molar-refractivity contribution is 5.29. The molecule has 1 N–H and O–H groups in total. The van der Waals surface area contributed by atoms with Crippen LogP contribution >= 0.6 is 0 Å². The van der Waals surface area contributed by atoms with Crippen LogP contribution in [0.2, 0.25) is 0 Å². The van der Waals surface area contributed by atoms with E-state index in [0.29, 0.717) is 37.1 Å². The maximum Gasteiger partial charge on any atom is 0.318 e. The number of aromatic nitrogens is 2. The molecule has 1 aromatic rings. The molecule has 0 aliphatic heterocycles. The molecule has 2 rings (SSSR count). The van der Waals surface area contributed by atoms with E-state index < -0.39 is 0 Å². The Morgan fingerprint density at radius 3 is 2.83 bits per heavy atom. The Hall–Kier alpha value is -1.14. The van der Waals surface area contributed by atoms with Crippen LogP contribution < -0.4 is 10.2 Å². The molecule has 0 aromatic carbocycles. The van der Waals surface area contributed by atoms with Crippen molar-refractivity contribution >= 4 is 6.01 Å². The summed E-state index contributed by atoms with van der Waals surface area (Å²) in [5, 5.41) is 11.5. The first-order chi connectivity index (χ1) is 8.70. The van der Waals surface area contributed by atoms with Gasteiger partial charge >= 0.3 is 6.01 Å². The lowest BCUT2D eigenvalue weighted by molar-refractivity contribution is 0.203. The minimum absolute atomic E-state index is 0.411. The van der Waals surface area contributed by atoms with Gasteiger partial charge in [-0.15, -0.1) is 5.10 Å². The first-order valence-electron chi connectivity index (χ1n) is 6.52. The quantitative estimate of drug-likeness (QED) is 0.751. The van der Waals surface area contributed by atoms with E-state index in [9.17, 15) is 0 Å². The minimum Gasteiger partial charge on any atom is -0.407 e. The zero-order chi connectivity index (χ0) is 13.0. The molecule has 0 atom stereocenters. The van der Waals surface area contributed by atoms with Crippen molar-refractivity contribution in [3.05, 3.63) is 5.89 Å². The highest BCUT2D eigenvalue weighted by atomic mass is 16.5. The Balaban J connectivity index is 1.93. The van der Waals surface area contributed by atoms with E-state index in [1.54, 1.807) is 7.11 Å². The summed E-state index contributed by atoms with van der Waals surface area (Å²) in [5.41, 5.74) is 0. The van der Waals surface area contributed by atoms with Gasteiger partial charge in [0.05, 0.1) is 13.2 Å². The van der Waals surface area contributed by atoms with Gasteiger partial charge in [-0.2, -0.15) is 0 Å². The monoisotopic (exact) mass is 254 g/mol. The summed E-state index contributed by atoms with van der Waals surface area (Å²) in [6.07, 6.45) is 2.40. The van der Waals surface area contributed by atoms with Gasteiger partial charge in [0.25, 0.3) is 0 Å². The average Bonchev–Trinajstić information content (AvgIpc) is 3.06. The third-order valence-electron chi connectivity index (χ3n) is 2.89.